The SMILES string of the molecule is CC(C)Nc1nnc(SCC(=O)Nc2ccc(Cl)c(S(=O)(=O)N3CCOCC3)c2)s1. The topological polar surface area (TPSA) is 114 Å². The van der Waals surface area contributed by atoms with Gasteiger partial charge in [0.1, 0.15) is 4.90 Å². The van der Waals surface area contributed by atoms with Gasteiger partial charge in [-0.25, -0.2) is 8.42 Å². The summed E-state index contributed by atoms with van der Waals surface area (Å²) in [6.45, 7) is 5.21. The Hall–Kier alpha value is -1.44. The first-order valence-electron chi connectivity index (χ1n) is 9.16. The Kier molecular flexibility index (Phi) is 7.93. The number of halogens is 1. The number of carbonyl (C=O) groups excluding carboxylic acids is 1. The number of hydrogen-bond donors (Lipinski definition) is 2. The number of benzene rings is 1. The van der Waals surface area contributed by atoms with Gasteiger partial charge in [0.25, 0.3) is 0 Å². The van der Waals surface area contributed by atoms with Gasteiger partial charge < -0.3 is 15.4 Å². The van der Waals surface area contributed by atoms with E-state index in [2.05, 4.69) is 20.8 Å². The number of nitrogens with zero attached hydrogens (tertiary/aromatic N) is 3. The molecule has 1 aliphatic rings. The highest BCUT2D eigenvalue weighted by atomic mass is 35.5. The first-order valence-corrected chi connectivity index (χ1v) is 12.8. The van der Waals surface area contributed by atoms with Crippen LogP contribution in [0.1, 0.15) is 13.8 Å². The summed E-state index contributed by atoms with van der Waals surface area (Å²) < 4.78 is 33.0. The van der Waals surface area contributed by atoms with Crippen molar-refractivity contribution in [1.82, 2.24) is 14.5 Å². The van der Waals surface area contributed by atoms with Gasteiger partial charge in [0.2, 0.25) is 21.1 Å². The first-order chi connectivity index (χ1) is 14.3. The third-order valence-electron chi connectivity index (χ3n) is 3.95. The van der Waals surface area contributed by atoms with Crippen LogP contribution < -0.4 is 10.6 Å². The molecule has 0 saturated carbocycles. The number of ether oxygens (including phenoxy) is 1. The normalized spacial score (nSPS) is 15.3. The molecule has 1 fully saturated rings. The van der Waals surface area contributed by atoms with Gasteiger partial charge in [-0.3, -0.25) is 4.79 Å². The predicted molar refractivity (Wildman–Crippen MR) is 119 cm³/mol. The van der Waals surface area contributed by atoms with Crippen LogP contribution in [0.3, 0.4) is 0 Å². The summed E-state index contributed by atoms with van der Waals surface area (Å²) in [7, 11) is -3.77. The van der Waals surface area contributed by atoms with Gasteiger partial charge in [0.05, 0.1) is 24.0 Å². The van der Waals surface area contributed by atoms with Gasteiger partial charge in [-0.05, 0) is 32.0 Å². The van der Waals surface area contributed by atoms with E-state index in [-0.39, 0.29) is 40.7 Å². The molecule has 1 saturated heterocycles. The molecular formula is C17H22ClN5O4S3. The Bertz CT molecular complexity index is 993. The molecule has 0 atom stereocenters. The second kappa shape index (κ2) is 10.2. The second-order valence-electron chi connectivity index (χ2n) is 6.67. The molecule has 0 radical (unpaired) electrons. The molecule has 2 N–H and O–H groups in total. The number of aromatic nitrogens is 2. The lowest BCUT2D eigenvalue weighted by Crippen LogP contribution is -2.40. The average molecular weight is 492 g/mol. The fourth-order valence-electron chi connectivity index (χ4n) is 2.60. The van der Waals surface area contributed by atoms with Crippen molar-refractivity contribution in [3.05, 3.63) is 23.2 Å². The fourth-order valence-corrected chi connectivity index (χ4v) is 6.21. The standard InChI is InChI=1S/C17H22ClN5O4S3/c1-11(2)19-16-21-22-17(29-16)28-10-15(24)20-12-3-4-13(18)14(9-12)30(25,26)23-5-7-27-8-6-23/h3-4,9,11H,5-8,10H2,1-2H3,(H,19,21)(H,20,24). The number of hydrogen-bond acceptors (Lipinski definition) is 9. The van der Waals surface area contributed by atoms with Crippen LogP contribution in [0.4, 0.5) is 10.8 Å². The molecule has 0 spiro atoms. The van der Waals surface area contributed by atoms with Crippen LogP contribution in [-0.4, -0.2) is 66.9 Å². The molecule has 1 aromatic carbocycles. The Morgan fingerprint density at radius 2 is 2.07 bits per heavy atom. The molecule has 1 aliphatic heterocycles. The molecule has 1 amide bonds. The zero-order chi connectivity index (χ0) is 21.7. The van der Waals surface area contributed by atoms with Crippen LogP contribution in [0, 0.1) is 0 Å². The van der Waals surface area contributed by atoms with E-state index in [9.17, 15) is 13.2 Å². The summed E-state index contributed by atoms with van der Waals surface area (Å²) in [6, 6.07) is 4.66. The van der Waals surface area contributed by atoms with Crippen molar-refractivity contribution in [3.63, 3.8) is 0 Å². The molecule has 9 nitrogen and oxygen atoms in total. The molecule has 0 aliphatic carbocycles. The molecule has 30 heavy (non-hydrogen) atoms. The monoisotopic (exact) mass is 491 g/mol. The van der Waals surface area contributed by atoms with E-state index in [1.165, 1.54) is 39.5 Å². The lowest BCUT2D eigenvalue weighted by atomic mass is 10.3. The van der Waals surface area contributed by atoms with Gasteiger partial charge >= 0.3 is 0 Å². The maximum atomic E-state index is 12.9. The van der Waals surface area contributed by atoms with Crippen molar-refractivity contribution in [2.75, 3.05) is 42.7 Å². The van der Waals surface area contributed by atoms with Gasteiger partial charge in [0, 0.05) is 24.8 Å². The van der Waals surface area contributed by atoms with Crippen molar-refractivity contribution >= 4 is 61.4 Å². The van der Waals surface area contributed by atoms with E-state index in [1.807, 2.05) is 13.8 Å². The van der Waals surface area contributed by atoms with Gasteiger partial charge in [-0.15, -0.1) is 10.2 Å². The zero-order valence-electron chi connectivity index (χ0n) is 16.4. The smallest absolute Gasteiger partial charge is 0.244 e. The highest BCUT2D eigenvalue weighted by molar-refractivity contribution is 8.01. The molecule has 2 aromatic rings. The molecule has 0 unspecified atom stereocenters. The van der Waals surface area contributed by atoms with Crippen molar-refractivity contribution in [2.24, 2.45) is 0 Å². The Labute approximate surface area is 188 Å². The Morgan fingerprint density at radius 3 is 2.77 bits per heavy atom. The number of nitrogens with one attached hydrogen (secondary N) is 2. The molecule has 2 heterocycles. The molecular weight excluding hydrogens is 470 g/mol. The van der Waals surface area contributed by atoms with E-state index in [4.69, 9.17) is 16.3 Å². The van der Waals surface area contributed by atoms with Crippen molar-refractivity contribution in [3.8, 4) is 0 Å². The summed E-state index contributed by atoms with van der Waals surface area (Å²) >= 11 is 8.77. The number of anilines is 2. The van der Waals surface area contributed by atoms with E-state index in [1.54, 1.807) is 6.07 Å². The van der Waals surface area contributed by atoms with Crippen molar-refractivity contribution in [2.45, 2.75) is 29.1 Å². The van der Waals surface area contributed by atoms with Crippen molar-refractivity contribution < 1.29 is 17.9 Å². The number of thioether (sulfide) groups is 1. The third kappa shape index (κ3) is 6.05. The Balaban J connectivity index is 1.63. The van der Waals surface area contributed by atoms with E-state index < -0.39 is 10.0 Å². The van der Waals surface area contributed by atoms with Crippen LogP contribution in [-0.2, 0) is 19.6 Å². The van der Waals surface area contributed by atoms with E-state index in [0.29, 0.717) is 28.4 Å². The summed E-state index contributed by atoms with van der Waals surface area (Å²) in [5, 5.41) is 14.7. The molecule has 1 aromatic heterocycles. The van der Waals surface area contributed by atoms with Gasteiger partial charge in [-0.1, -0.05) is 34.7 Å². The summed E-state index contributed by atoms with van der Waals surface area (Å²) in [6.07, 6.45) is 0. The summed E-state index contributed by atoms with van der Waals surface area (Å²) in [4.78, 5) is 12.3. The number of morpholine rings is 1. The number of carbonyl (C=O) groups is 1. The highest BCUT2D eigenvalue weighted by Crippen LogP contribution is 2.29. The lowest BCUT2D eigenvalue weighted by Gasteiger charge is -2.26. The van der Waals surface area contributed by atoms with Crippen LogP contribution in [0.15, 0.2) is 27.4 Å². The predicted octanol–water partition coefficient (Wildman–Crippen LogP) is 2.76. The van der Waals surface area contributed by atoms with Crippen molar-refractivity contribution in [1.29, 1.82) is 0 Å². The van der Waals surface area contributed by atoms with Crippen LogP contribution in [0.25, 0.3) is 0 Å². The maximum absolute atomic E-state index is 12.9. The minimum atomic E-state index is -3.77. The lowest BCUT2D eigenvalue weighted by molar-refractivity contribution is -0.113. The van der Waals surface area contributed by atoms with Gasteiger partial charge in [-0.2, -0.15) is 4.31 Å². The van der Waals surface area contributed by atoms with Crippen LogP contribution >= 0.6 is 34.7 Å². The number of sulfonamides is 1. The second-order valence-corrected chi connectivity index (χ2v) is 11.2. The fraction of sp³-hybridized carbons (Fsp3) is 0.471. The number of amides is 1. The highest BCUT2D eigenvalue weighted by Gasteiger charge is 2.28. The minimum Gasteiger partial charge on any atom is -0.379 e. The molecule has 0 bridgehead atoms. The molecule has 164 valence electrons. The first kappa shape index (κ1) is 23.2. The van der Waals surface area contributed by atoms with Gasteiger partial charge in [0.15, 0.2) is 4.34 Å². The minimum absolute atomic E-state index is 0.0370. The van der Waals surface area contributed by atoms with Crippen LogP contribution in [0.5, 0.6) is 0 Å². The Morgan fingerprint density at radius 1 is 1.33 bits per heavy atom. The van der Waals surface area contributed by atoms with Crippen LogP contribution in [0.2, 0.25) is 5.02 Å². The quantitative estimate of drug-likeness (QED) is 0.542. The molecule has 3 rings (SSSR count). The maximum Gasteiger partial charge on any atom is 0.244 e. The van der Waals surface area contributed by atoms with E-state index >= 15 is 0 Å². The summed E-state index contributed by atoms with van der Waals surface area (Å²) in [5.41, 5.74) is 0.358. The number of rotatable bonds is 8. The third-order valence-corrected chi connectivity index (χ3v) is 8.32. The molecule has 13 heteroatoms. The largest absolute Gasteiger partial charge is 0.379 e. The zero-order valence-corrected chi connectivity index (χ0v) is 19.6. The van der Waals surface area contributed by atoms with E-state index in [0.717, 1.165) is 0 Å². The summed E-state index contributed by atoms with van der Waals surface area (Å²) in [5.74, 6) is -0.171. The average Bonchev–Trinajstić information content (AvgIpc) is 3.15.